The Morgan fingerprint density at radius 1 is 0.219 bits per heavy atom. The fraction of sp³-hybridized carbons (Fsp3) is 0. The fourth-order valence-corrected chi connectivity index (χ4v) is 9.31. The molecule has 0 aliphatic carbocycles. The topological polar surface area (TPSA) is 9.86 Å². The average Bonchev–Trinajstić information content (AvgIpc) is 3.88. The van der Waals surface area contributed by atoms with Crippen molar-refractivity contribution in [3.05, 3.63) is 109 Å². The van der Waals surface area contributed by atoms with Gasteiger partial charge in [0.25, 0.3) is 0 Å². The van der Waals surface area contributed by atoms with Gasteiger partial charge in [0.2, 0.25) is 0 Å². The SMILES string of the molecule is [B]c1c([B])c([B])c2c(c1[B])c1c([B])c(-c3c([B])c([B])c4c(c3[B])c3c([B])c([B])c([B])c([B])c3n4-c3ccc(-c4ccccc4)cc3)c([B])c([B])c1n2-c1ccc(-c2ccccc2)cc1. The van der Waals surface area contributed by atoms with Crippen molar-refractivity contribution < 1.29 is 0 Å². The van der Waals surface area contributed by atoms with Crippen LogP contribution >= 0.6 is 0 Å². The summed E-state index contributed by atoms with van der Waals surface area (Å²) in [6.07, 6.45) is 0. The maximum absolute atomic E-state index is 7.33. The Labute approximate surface area is 390 Å². The van der Waals surface area contributed by atoms with Crippen molar-refractivity contribution in [3.8, 4) is 44.8 Å². The Balaban J connectivity index is 1.31. The lowest BCUT2D eigenvalue weighted by atomic mass is 9.61. The highest BCUT2D eigenvalue weighted by molar-refractivity contribution is 6.72. The van der Waals surface area contributed by atoms with Crippen LogP contribution in [0.3, 0.4) is 0 Å². The fourth-order valence-electron chi connectivity index (χ4n) is 9.31. The molecule has 0 aliphatic rings. The molecule has 262 valence electrons. The minimum absolute atomic E-state index is 0.0432. The molecule has 0 fully saturated rings. The van der Waals surface area contributed by atoms with E-state index in [1.54, 1.807) is 0 Å². The standard InChI is InChI=1S/C48H18B14N2/c49-31-25(33(51)41(59)45-27(31)29-35(53)37(55)39(57)43(61)47(29)63(45)23-15-11-21(12-16-23)19-7-3-1-4-8-19)26-32(50)28-30-36(54)38(56)40(58)44(62)48(30)64(46(28)42(60)34(26)52)24-17-13-22(14-18-24)20-9-5-2-6-10-20/h1-18H. The van der Waals surface area contributed by atoms with Crippen molar-refractivity contribution in [2.24, 2.45) is 0 Å². The molecule has 0 N–H and O–H groups in total. The summed E-state index contributed by atoms with van der Waals surface area (Å²) in [7, 11) is 96.6. The third-order valence-electron chi connectivity index (χ3n) is 12.6. The predicted octanol–water partition coefficient (Wildman–Crippen LogP) is -4.00. The molecular formula is C48H18B14N2. The first-order valence-corrected chi connectivity index (χ1v) is 20.1. The number of benzene rings is 8. The second-order valence-electron chi connectivity index (χ2n) is 15.9. The van der Waals surface area contributed by atoms with Gasteiger partial charge in [-0.25, -0.2) is 0 Å². The summed E-state index contributed by atoms with van der Waals surface area (Å²) < 4.78 is 3.65. The molecular weight excluding hydrogens is 756 g/mol. The van der Waals surface area contributed by atoms with Crippen LogP contribution in [-0.2, 0) is 0 Å². The molecule has 0 unspecified atom stereocenters. The number of rotatable bonds is 5. The third kappa shape index (κ3) is 5.93. The normalized spacial score (nSPS) is 11.7. The van der Waals surface area contributed by atoms with Crippen molar-refractivity contribution >= 4 is 230 Å². The van der Waals surface area contributed by atoms with Crippen LogP contribution in [0.2, 0.25) is 0 Å². The van der Waals surface area contributed by atoms with E-state index in [1.807, 2.05) is 118 Å². The molecule has 2 heterocycles. The van der Waals surface area contributed by atoms with Crippen LogP contribution in [0.1, 0.15) is 0 Å². The summed E-state index contributed by atoms with van der Waals surface area (Å²) in [5.41, 5.74) is 8.72. The van der Waals surface area contributed by atoms with E-state index in [0.717, 1.165) is 22.3 Å². The van der Waals surface area contributed by atoms with Gasteiger partial charge in [-0.15, -0.1) is 21.9 Å². The van der Waals surface area contributed by atoms with Gasteiger partial charge in [0, 0.05) is 44.2 Å². The lowest BCUT2D eigenvalue weighted by Gasteiger charge is -2.25. The van der Waals surface area contributed by atoms with Crippen LogP contribution in [0.25, 0.3) is 88.4 Å². The first kappa shape index (κ1) is 42.2. The van der Waals surface area contributed by atoms with Gasteiger partial charge < -0.3 is 9.13 Å². The van der Waals surface area contributed by atoms with Crippen LogP contribution in [0, 0.1) is 0 Å². The Kier molecular flexibility index (Phi) is 10.2. The zero-order valence-corrected chi connectivity index (χ0v) is 34.4. The van der Waals surface area contributed by atoms with Crippen molar-refractivity contribution in [2.75, 3.05) is 0 Å². The van der Waals surface area contributed by atoms with Crippen LogP contribution in [0.4, 0.5) is 0 Å². The minimum Gasteiger partial charge on any atom is -0.311 e. The van der Waals surface area contributed by atoms with Gasteiger partial charge in [0.15, 0.2) is 0 Å². The molecule has 0 atom stereocenters. The lowest BCUT2D eigenvalue weighted by molar-refractivity contribution is 1.19. The molecule has 10 aromatic rings. The van der Waals surface area contributed by atoms with Gasteiger partial charge in [-0.05, 0) is 68.4 Å². The molecule has 0 spiro atoms. The number of aromatic nitrogens is 2. The molecule has 0 aliphatic heterocycles. The van der Waals surface area contributed by atoms with E-state index in [1.165, 1.54) is 0 Å². The first-order chi connectivity index (χ1) is 30.6. The molecule has 64 heavy (non-hydrogen) atoms. The zero-order valence-electron chi connectivity index (χ0n) is 34.4. The summed E-state index contributed by atoms with van der Waals surface area (Å²) in [6.45, 7) is 0. The zero-order chi connectivity index (χ0) is 45.2. The van der Waals surface area contributed by atoms with Gasteiger partial charge >= 0.3 is 0 Å². The molecule has 0 bridgehead atoms. The second kappa shape index (κ2) is 15.5. The monoisotopic (exact) mass is 776 g/mol. The van der Waals surface area contributed by atoms with E-state index < -0.39 is 0 Å². The summed E-state index contributed by atoms with van der Waals surface area (Å²) >= 11 is 0. The van der Waals surface area contributed by atoms with Crippen LogP contribution in [-0.4, -0.2) is 119 Å². The largest absolute Gasteiger partial charge is 0.311 e. The van der Waals surface area contributed by atoms with Crippen molar-refractivity contribution in [2.45, 2.75) is 0 Å². The van der Waals surface area contributed by atoms with Crippen LogP contribution < -0.4 is 76.5 Å². The lowest BCUT2D eigenvalue weighted by Crippen LogP contribution is -2.48. The average molecular weight is 774 g/mol. The van der Waals surface area contributed by atoms with E-state index >= 15 is 0 Å². The maximum atomic E-state index is 7.33. The van der Waals surface area contributed by atoms with Crippen LogP contribution in [0.15, 0.2) is 109 Å². The summed E-state index contributed by atoms with van der Waals surface area (Å²) in [5, 5.41) is 1.52. The number of hydrogen-bond donors (Lipinski definition) is 0. The highest BCUT2D eigenvalue weighted by atomic mass is 15.0. The van der Waals surface area contributed by atoms with E-state index in [4.69, 9.17) is 110 Å². The number of hydrogen-bond acceptors (Lipinski definition) is 0. The third-order valence-corrected chi connectivity index (χ3v) is 12.6. The molecule has 0 saturated heterocycles. The van der Waals surface area contributed by atoms with Gasteiger partial charge in [0.1, 0.15) is 110 Å². The van der Waals surface area contributed by atoms with E-state index in [9.17, 15) is 0 Å². The molecule has 0 saturated carbocycles. The first-order valence-electron chi connectivity index (χ1n) is 20.1. The predicted molar refractivity (Wildman–Crippen MR) is 287 cm³/mol. The molecule has 8 aromatic carbocycles. The van der Waals surface area contributed by atoms with Crippen molar-refractivity contribution in [3.63, 3.8) is 0 Å². The smallest absolute Gasteiger partial charge is 0.115 e. The highest BCUT2D eigenvalue weighted by Gasteiger charge is 2.28. The summed E-state index contributed by atoms with van der Waals surface area (Å²) in [5.74, 6) is 0. The van der Waals surface area contributed by atoms with Crippen molar-refractivity contribution in [1.82, 2.24) is 9.13 Å². The van der Waals surface area contributed by atoms with Gasteiger partial charge in [-0.1, -0.05) is 140 Å². The number of nitrogens with zero attached hydrogens (tertiary/aromatic N) is 2. The molecule has 16 heteroatoms. The van der Waals surface area contributed by atoms with Gasteiger partial charge in [-0.3, -0.25) is 0 Å². The Morgan fingerprint density at radius 2 is 0.469 bits per heavy atom. The summed E-state index contributed by atoms with van der Waals surface area (Å²) in [6, 6.07) is 35.5. The second-order valence-corrected chi connectivity index (χ2v) is 15.9. The number of fused-ring (bicyclic) bond motifs is 6. The Hall–Kier alpha value is -5.73. The Bertz CT molecular complexity index is 3380. The minimum atomic E-state index is 0.0432. The van der Waals surface area contributed by atoms with Gasteiger partial charge in [0.05, 0.1) is 0 Å². The Morgan fingerprint density at radius 3 is 0.781 bits per heavy atom. The highest BCUT2D eigenvalue weighted by Crippen LogP contribution is 2.33. The molecule has 2 aromatic heterocycles. The quantitative estimate of drug-likeness (QED) is 0.158. The van der Waals surface area contributed by atoms with Crippen LogP contribution in [0.5, 0.6) is 0 Å². The molecule has 2 nitrogen and oxygen atoms in total. The maximum Gasteiger partial charge on any atom is 0.115 e. The van der Waals surface area contributed by atoms with E-state index in [-0.39, 0.29) is 87.6 Å². The molecule has 10 rings (SSSR count). The van der Waals surface area contributed by atoms with E-state index in [0.29, 0.717) is 55.0 Å². The summed E-state index contributed by atoms with van der Waals surface area (Å²) in [4.78, 5) is 0. The van der Waals surface area contributed by atoms with Crippen molar-refractivity contribution in [1.29, 1.82) is 0 Å². The molecule has 28 radical (unpaired) electrons. The van der Waals surface area contributed by atoms with Gasteiger partial charge in [-0.2, -0.15) is 0 Å². The molecule has 0 amide bonds. The van der Waals surface area contributed by atoms with E-state index in [2.05, 4.69) is 0 Å².